The van der Waals surface area contributed by atoms with E-state index in [-0.39, 0.29) is 11.9 Å². The van der Waals surface area contributed by atoms with E-state index in [9.17, 15) is 4.39 Å². The molecule has 1 unspecified atom stereocenters. The fraction of sp³-hybridized carbons (Fsp3) is 0.364. The Bertz CT molecular complexity index is 330. The molecule has 0 aliphatic heterocycles. The molecule has 1 rings (SSSR count). The predicted octanol–water partition coefficient (Wildman–Crippen LogP) is 2.39. The third-order valence-electron chi connectivity index (χ3n) is 2.17. The van der Waals surface area contributed by atoms with Crippen LogP contribution in [0, 0.1) is 17.1 Å². The Kier molecular flexibility index (Phi) is 4.09. The number of rotatable bonds is 4. The molecule has 74 valence electrons. The molecule has 1 N–H and O–H groups in total. The van der Waals surface area contributed by atoms with E-state index in [1.807, 2.05) is 0 Å². The van der Waals surface area contributed by atoms with Crippen molar-refractivity contribution in [2.24, 2.45) is 0 Å². The van der Waals surface area contributed by atoms with Crippen LogP contribution in [0.25, 0.3) is 0 Å². The predicted molar refractivity (Wildman–Crippen MR) is 53.0 cm³/mol. The van der Waals surface area contributed by atoms with Gasteiger partial charge in [-0.3, -0.25) is 0 Å². The quantitative estimate of drug-likeness (QED) is 0.795. The molecule has 0 saturated heterocycles. The Labute approximate surface area is 83.4 Å². The zero-order chi connectivity index (χ0) is 10.4. The van der Waals surface area contributed by atoms with E-state index in [2.05, 4.69) is 11.4 Å². The maximum atomic E-state index is 13.3. The van der Waals surface area contributed by atoms with Gasteiger partial charge >= 0.3 is 0 Å². The summed E-state index contributed by atoms with van der Waals surface area (Å²) in [4.78, 5) is 0. The summed E-state index contributed by atoms with van der Waals surface area (Å²) in [6.45, 7) is 0. The van der Waals surface area contributed by atoms with Crippen LogP contribution in [-0.2, 0) is 0 Å². The van der Waals surface area contributed by atoms with Gasteiger partial charge in [-0.1, -0.05) is 18.2 Å². The van der Waals surface area contributed by atoms with Gasteiger partial charge in [0.1, 0.15) is 5.82 Å². The topological polar surface area (TPSA) is 35.8 Å². The molecule has 0 radical (unpaired) electrons. The molecule has 0 heterocycles. The zero-order valence-electron chi connectivity index (χ0n) is 8.13. The molecule has 0 fully saturated rings. The zero-order valence-corrected chi connectivity index (χ0v) is 8.13. The van der Waals surface area contributed by atoms with Crippen molar-refractivity contribution in [2.75, 3.05) is 7.05 Å². The minimum atomic E-state index is -0.218. The van der Waals surface area contributed by atoms with Crippen LogP contribution in [0.15, 0.2) is 24.3 Å². The highest BCUT2D eigenvalue weighted by Gasteiger charge is 2.12. The lowest BCUT2D eigenvalue weighted by Gasteiger charge is -2.15. The van der Waals surface area contributed by atoms with Crippen LogP contribution in [0.4, 0.5) is 4.39 Å². The molecule has 0 aliphatic rings. The van der Waals surface area contributed by atoms with Crippen molar-refractivity contribution in [1.82, 2.24) is 5.32 Å². The Hall–Kier alpha value is -1.40. The van der Waals surface area contributed by atoms with Crippen LogP contribution in [0.2, 0.25) is 0 Å². The summed E-state index contributed by atoms with van der Waals surface area (Å²) in [6.07, 6.45) is 1.06. The van der Waals surface area contributed by atoms with Crippen molar-refractivity contribution in [3.63, 3.8) is 0 Å². The molecule has 2 nitrogen and oxygen atoms in total. The number of hydrogen-bond donors (Lipinski definition) is 1. The summed E-state index contributed by atoms with van der Waals surface area (Å²) in [5.74, 6) is -0.218. The molecular formula is C11H13FN2. The first-order chi connectivity index (χ1) is 6.79. The van der Waals surface area contributed by atoms with E-state index >= 15 is 0 Å². The van der Waals surface area contributed by atoms with Gasteiger partial charge in [0.05, 0.1) is 6.07 Å². The maximum absolute atomic E-state index is 13.3. The summed E-state index contributed by atoms with van der Waals surface area (Å²) < 4.78 is 13.3. The van der Waals surface area contributed by atoms with E-state index in [1.165, 1.54) is 6.07 Å². The summed E-state index contributed by atoms with van der Waals surface area (Å²) >= 11 is 0. The average molecular weight is 192 g/mol. The lowest BCUT2D eigenvalue weighted by Crippen LogP contribution is -2.17. The van der Waals surface area contributed by atoms with Gasteiger partial charge in [0, 0.05) is 18.0 Å². The first kappa shape index (κ1) is 10.7. The van der Waals surface area contributed by atoms with Crippen molar-refractivity contribution in [3.8, 4) is 6.07 Å². The van der Waals surface area contributed by atoms with Gasteiger partial charge in [0.25, 0.3) is 0 Å². The minimum absolute atomic E-state index is 0.0733. The third kappa shape index (κ3) is 2.54. The Balaban J connectivity index is 2.79. The molecule has 3 heteroatoms. The van der Waals surface area contributed by atoms with Crippen LogP contribution < -0.4 is 5.32 Å². The van der Waals surface area contributed by atoms with E-state index in [1.54, 1.807) is 25.2 Å². The molecule has 1 atom stereocenters. The van der Waals surface area contributed by atoms with Crippen molar-refractivity contribution in [1.29, 1.82) is 5.26 Å². The van der Waals surface area contributed by atoms with Crippen LogP contribution in [-0.4, -0.2) is 7.05 Å². The van der Waals surface area contributed by atoms with Crippen LogP contribution >= 0.6 is 0 Å². The second-order valence-electron chi connectivity index (χ2n) is 3.06. The summed E-state index contributed by atoms with van der Waals surface area (Å²) in [7, 11) is 1.77. The van der Waals surface area contributed by atoms with Gasteiger partial charge in [-0.15, -0.1) is 0 Å². The van der Waals surface area contributed by atoms with Crippen molar-refractivity contribution >= 4 is 0 Å². The minimum Gasteiger partial charge on any atom is -0.313 e. The van der Waals surface area contributed by atoms with Gasteiger partial charge in [0.2, 0.25) is 0 Å². The largest absolute Gasteiger partial charge is 0.313 e. The molecule has 1 aromatic carbocycles. The lowest BCUT2D eigenvalue weighted by atomic mass is 10.0. The normalized spacial score (nSPS) is 12.1. The Morgan fingerprint density at radius 2 is 2.21 bits per heavy atom. The number of nitriles is 1. The molecule has 0 bridgehead atoms. The van der Waals surface area contributed by atoms with E-state index < -0.39 is 0 Å². The van der Waals surface area contributed by atoms with E-state index in [0.29, 0.717) is 18.4 Å². The maximum Gasteiger partial charge on any atom is 0.127 e. The van der Waals surface area contributed by atoms with Crippen LogP contribution in [0.3, 0.4) is 0 Å². The highest BCUT2D eigenvalue weighted by molar-refractivity contribution is 5.21. The van der Waals surface area contributed by atoms with Crippen molar-refractivity contribution in [2.45, 2.75) is 18.9 Å². The molecule has 0 aromatic heterocycles. The van der Waals surface area contributed by atoms with Crippen LogP contribution in [0.5, 0.6) is 0 Å². The molecule has 0 aliphatic carbocycles. The lowest BCUT2D eigenvalue weighted by molar-refractivity contribution is 0.513. The summed E-state index contributed by atoms with van der Waals surface area (Å²) in [5, 5.41) is 11.5. The third-order valence-corrected chi connectivity index (χ3v) is 2.17. The standard InChI is InChI=1S/C11H13FN2/c1-14-11(7-4-8-13)9-5-2-3-6-10(9)12/h2-3,5-6,11,14H,4,7H2,1H3. The molecule has 0 saturated carbocycles. The monoisotopic (exact) mass is 192 g/mol. The van der Waals surface area contributed by atoms with Gasteiger partial charge in [-0.2, -0.15) is 5.26 Å². The van der Waals surface area contributed by atoms with E-state index in [0.717, 1.165) is 0 Å². The van der Waals surface area contributed by atoms with Gasteiger partial charge in [-0.25, -0.2) is 4.39 Å². The average Bonchev–Trinajstić information content (AvgIpc) is 2.21. The van der Waals surface area contributed by atoms with E-state index in [4.69, 9.17) is 5.26 Å². The Morgan fingerprint density at radius 3 is 2.79 bits per heavy atom. The summed E-state index contributed by atoms with van der Waals surface area (Å²) in [6, 6.07) is 8.63. The summed E-state index contributed by atoms with van der Waals surface area (Å²) in [5.41, 5.74) is 0.630. The van der Waals surface area contributed by atoms with Crippen molar-refractivity contribution in [3.05, 3.63) is 35.6 Å². The Morgan fingerprint density at radius 1 is 1.50 bits per heavy atom. The fourth-order valence-corrected chi connectivity index (χ4v) is 1.42. The number of hydrogen-bond acceptors (Lipinski definition) is 2. The first-order valence-corrected chi connectivity index (χ1v) is 4.58. The van der Waals surface area contributed by atoms with Crippen molar-refractivity contribution < 1.29 is 4.39 Å². The smallest absolute Gasteiger partial charge is 0.127 e. The number of benzene rings is 1. The second kappa shape index (κ2) is 5.36. The van der Waals surface area contributed by atoms with Gasteiger partial charge in [0.15, 0.2) is 0 Å². The van der Waals surface area contributed by atoms with Gasteiger partial charge < -0.3 is 5.32 Å². The number of nitrogens with zero attached hydrogens (tertiary/aromatic N) is 1. The fourth-order valence-electron chi connectivity index (χ4n) is 1.42. The molecule has 1 aromatic rings. The first-order valence-electron chi connectivity index (χ1n) is 4.58. The molecule has 14 heavy (non-hydrogen) atoms. The number of halogens is 1. The number of nitrogens with one attached hydrogen (secondary N) is 1. The molecular weight excluding hydrogens is 179 g/mol. The highest BCUT2D eigenvalue weighted by atomic mass is 19.1. The van der Waals surface area contributed by atoms with Gasteiger partial charge in [-0.05, 0) is 19.5 Å². The van der Waals surface area contributed by atoms with Crippen LogP contribution in [0.1, 0.15) is 24.4 Å². The molecule has 0 amide bonds. The molecule has 0 spiro atoms. The highest BCUT2D eigenvalue weighted by Crippen LogP contribution is 2.20. The second-order valence-corrected chi connectivity index (χ2v) is 3.06. The SMILES string of the molecule is CNC(CCC#N)c1ccccc1F.